The molecule has 0 aromatic carbocycles. The number of ether oxygens (including phenoxy) is 1. The van der Waals surface area contributed by atoms with Crippen molar-refractivity contribution in [1.82, 2.24) is 25.0 Å². The quantitative estimate of drug-likeness (QED) is 0.259. The Balaban J connectivity index is 1.74. The number of amides is 2. The van der Waals surface area contributed by atoms with Crippen molar-refractivity contribution in [2.75, 3.05) is 10.6 Å². The lowest BCUT2D eigenvalue weighted by Gasteiger charge is -2.16. The molecule has 0 spiro atoms. The number of anilines is 2. The minimum Gasteiger partial charge on any atom is -0.441 e. The number of rotatable bonds is 8. The number of nitrogens with zero attached hydrogens (tertiary/aromatic N) is 6. The van der Waals surface area contributed by atoms with Gasteiger partial charge in [-0.3, -0.25) is 25.1 Å². The number of carbonyl (C=O) groups is 2. The molecule has 1 atom stereocenters. The Morgan fingerprint density at radius 3 is 2.67 bits per heavy atom. The fourth-order valence-corrected chi connectivity index (χ4v) is 3.41. The van der Waals surface area contributed by atoms with Gasteiger partial charge in [-0.2, -0.15) is 0 Å². The molecule has 3 aromatic heterocycles. The first-order valence-corrected chi connectivity index (χ1v) is 11.2. The highest BCUT2D eigenvalue weighted by molar-refractivity contribution is 6.30. The van der Waals surface area contributed by atoms with Gasteiger partial charge in [-0.15, -0.1) is 5.10 Å². The van der Waals surface area contributed by atoms with Gasteiger partial charge in [0, 0.05) is 30.6 Å². The highest BCUT2D eigenvalue weighted by Crippen LogP contribution is 2.25. The van der Waals surface area contributed by atoms with Gasteiger partial charge in [0.1, 0.15) is 11.3 Å². The summed E-state index contributed by atoms with van der Waals surface area (Å²) >= 11 is 6.07. The highest BCUT2D eigenvalue weighted by atomic mass is 35.5. The first-order valence-electron chi connectivity index (χ1n) is 10.8. The van der Waals surface area contributed by atoms with Crippen LogP contribution in [0.4, 0.5) is 16.3 Å². The molecule has 36 heavy (non-hydrogen) atoms. The van der Waals surface area contributed by atoms with E-state index in [0.29, 0.717) is 28.2 Å². The number of hydrogen-bond donors (Lipinski definition) is 2. The molecule has 2 amide bonds. The van der Waals surface area contributed by atoms with Crippen molar-refractivity contribution in [2.24, 2.45) is 12.0 Å². The molecular formula is C24H25ClN8O3. The van der Waals surface area contributed by atoms with Gasteiger partial charge in [0.05, 0.1) is 17.6 Å². The lowest BCUT2D eigenvalue weighted by molar-refractivity contribution is 0.102. The van der Waals surface area contributed by atoms with Crippen LogP contribution in [-0.4, -0.2) is 49.8 Å². The van der Waals surface area contributed by atoms with E-state index in [4.69, 9.17) is 16.3 Å². The van der Waals surface area contributed by atoms with Gasteiger partial charge < -0.3 is 10.1 Å². The van der Waals surface area contributed by atoms with Crippen LogP contribution < -0.4 is 10.6 Å². The van der Waals surface area contributed by atoms with Gasteiger partial charge in [0.15, 0.2) is 11.5 Å². The number of aryl methyl sites for hydroxylation is 2. The van der Waals surface area contributed by atoms with Crippen LogP contribution in [0, 0.1) is 6.92 Å². The van der Waals surface area contributed by atoms with E-state index in [-0.39, 0.29) is 16.9 Å². The molecule has 0 saturated heterocycles. The number of nitrogens with one attached hydrogen (secondary N) is 2. The van der Waals surface area contributed by atoms with Crippen molar-refractivity contribution < 1.29 is 14.3 Å². The summed E-state index contributed by atoms with van der Waals surface area (Å²) in [6.07, 6.45) is 6.65. The molecule has 0 unspecified atom stereocenters. The van der Waals surface area contributed by atoms with E-state index in [0.717, 1.165) is 5.56 Å². The summed E-state index contributed by atoms with van der Waals surface area (Å²) in [6.45, 7) is 8.67. The second-order valence-electron chi connectivity index (χ2n) is 7.56. The molecule has 0 radical (unpaired) electrons. The van der Waals surface area contributed by atoms with Gasteiger partial charge in [0.2, 0.25) is 0 Å². The zero-order chi connectivity index (χ0) is 26.2. The number of hydrogen-bond acceptors (Lipinski definition) is 8. The van der Waals surface area contributed by atoms with Crippen LogP contribution in [0.15, 0.2) is 64.7 Å². The normalized spacial score (nSPS) is 12.6. The maximum Gasteiger partial charge on any atom is 0.413 e. The molecule has 0 saturated carbocycles. The maximum absolute atomic E-state index is 12.6. The average molecular weight is 509 g/mol. The SMILES string of the molecule is C=N/C(Cl)=C(\C=C/C)[C@@H](C)OC(=O)Nc1c(-c2ccc(NC(=O)c3ccncc3C)cn2)nnn1C. The van der Waals surface area contributed by atoms with Crippen LogP contribution in [0.2, 0.25) is 0 Å². The van der Waals surface area contributed by atoms with Crippen molar-refractivity contribution >= 4 is 41.8 Å². The van der Waals surface area contributed by atoms with Crippen molar-refractivity contribution in [3.63, 3.8) is 0 Å². The third-order valence-electron chi connectivity index (χ3n) is 5.02. The van der Waals surface area contributed by atoms with Gasteiger partial charge in [-0.05, 0) is 51.3 Å². The lowest BCUT2D eigenvalue weighted by atomic mass is 10.1. The molecule has 186 valence electrons. The Bertz CT molecular complexity index is 1330. The number of halogens is 1. The van der Waals surface area contributed by atoms with E-state index in [1.54, 1.807) is 70.6 Å². The van der Waals surface area contributed by atoms with E-state index in [2.05, 4.69) is 42.6 Å². The van der Waals surface area contributed by atoms with Gasteiger partial charge in [-0.25, -0.2) is 9.48 Å². The first kappa shape index (κ1) is 26.2. The van der Waals surface area contributed by atoms with Crippen LogP contribution in [0.25, 0.3) is 11.4 Å². The van der Waals surface area contributed by atoms with E-state index in [9.17, 15) is 9.59 Å². The van der Waals surface area contributed by atoms with Crippen molar-refractivity contribution in [3.05, 3.63) is 70.8 Å². The highest BCUT2D eigenvalue weighted by Gasteiger charge is 2.21. The summed E-state index contributed by atoms with van der Waals surface area (Å²) in [4.78, 5) is 37.2. The molecule has 2 N–H and O–H groups in total. The molecule has 3 rings (SSSR count). The Labute approximate surface area is 213 Å². The molecule has 0 aliphatic heterocycles. The largest absolute Gasteiger partial charge is 0.441 e. The minimum absolute atomic E-state index is 0.131. The zero-order valence-corrected chi connectivity index (χ0v) is 20.9. The standard InChI is InChI=1S/C24H25ClN8O3/c1-6-7-18(21(25)26-4)15(3)36-24(35)30-22-20(31-32-33(22)5)19-9-8-16(13-28-19)29-23(34)17-10-11-27-12-14(17)2/h6-13,15H,4H2,1-3,5H3,(H,29,34)(H,30,35)/b7-6-,21-18+/t15-/m1/s1. The summed E-state index contributed by atoms with van der Waals surface area (Å²) in [5.41, 5.74) is 3.00. The number of pyridine rings is 2. The van der Waals surface area contributed by atoms with Crippen LogP contribution in [-0.2, 0) is 11.8 Å². The number of aromatic nitrogens is 5. The van der Waals surface area contributed by atoms with E-state index in [1.165, 1.54) is 10.9 Å². The molecule has 11 nitrogen and oxygen atoms in total. The van der Waals surface area contributed by atoms with Crippen molar-refractivity contribution in [2.45, 2.75) is 26.9 Å². The fourth-order valence-electron chi connectivity index (χ4n) is 3.20. The summed E-state index contributed by atoms with van der Waals surface area (Å²) in [5, 5.41) is 13.6. The molecule has 12 heteroatoms. The predicted octanol–water partition coefficient (Wildman–Crippen LogP) is 4.50. The Morgan fingerprint density at radius 2 is 2.03 bits per heavy atom. The number of aliphatic imine (C=N–C) groups is 1. The Kier molecular flexibility index (Phi) is 8.63. The van der Waals surface area contributed by atoms with Crippen LogP contribution in [0.3, 0.4) is 0 Å². The summed E-state index contributed by atoms with van der Waals surface area (Å²) in [5.74, 6) is -0.00494. The van der Waals surface area contributed by atoms with Gasteiger partial charge in [0.25, 0.3) is 5.91 Å². The Morgan fingerprint density at radius 1 is 1.25 bits per heavy atom. The summed E-state index contributed by atoms with van der Waals surface area (Å²) in [7, 11) is 1.62. The second-order valence-corrected chi connectivity index (χ2v) is 7.92. The smallest absolute Gasteiger partial charge is 0.413 e. The van der Waals surface area contributed by atoms with Crippen LogP contribution >= 0.6 is 11.6 Å². The predicted molar refractivity (Wildman–Crippen MR) is 138 cm³/mol. The number of carbonyl (C=O) groups excluding carboxylic acids is 2. The molecule has 0 bridgehead atoms. The lowest BCUT2D eigenvalue weighted by Crippen LogP contribution is -2.23. The van der Waals surface area contributed by atoms with Crippen molar-refractivity contribution in [3.8, 4) is 11.4 Å². The van der Waals surface area contributed by atoms with Crippen LogP contribution in [0.1, 0.15) is 29.8 Å². The second kappa shape index (κ2) is 11.8. The van der Waals surface area contributed by atoms with E-state index >= 15 is 0 Å². The topological polar surface area (TPSA) is 136 Å². The molecule has 0 aliphatic carbocycles. The summed E-state index contributed by atoms with van der Waals surface area (Å²) < 4.78 is 6.83. The molecule has 3 aromatic rings. The molecule has 0 aliphatic rings. The number of allylic oxidation sites excluding steroid dienone is 1. The van der Waals surface area contributed by atoms with E-state index < -0.39 is 12.2 Å². The molecule has 3 heterocycles. The minimum atomic E-state index is -0.749. The third kappa shape index (κ3) is 6.19. The Hall–Kier alpha value is -4.38. The van der Waals surface area contributed by atoms with Gasteiger partial charge >= 0.3 is 6.09 Å². The monoisotopic (exact) mass is 508 g/mol. The fraction of sp³-hybridized carbons (Fsp3) is 0.208. The molecule has 0 fully saturated rings. The van der Waals surface area contributed by atoms with Gasteiger partial charge in [-0.1, -0.05) is 29.0 Å². The van der Waals surface area contributed by atoms with E-state index in [1.807, 2.05) is 0 Å². The van der Waals surface area contributed by atoms with Crippen LogP contribution in [0.5, 0.6) is 0 Å². The summed E-state index contributed by atoms with van der Waals surface area (Å²) in [6, 6.07) is 4.97. The van der Waals surface area contributed by atoms with Crippen molar-refractivity contribution in [1.29, 1.82) is 0 Å². The maximum atomic E-state index is 12.6. The first-order chi connectivity index (χ1) is 17.2. The third-order valence-corrected chi connectivity index (χ3v) is 5.36. The molecular weight excluding hydrogens is 484 g/mol. The average Bonchev–Trinajstić information content (AvgIpc) is 3.22. The zero-order valence-electron chi connectivity index (χ0n) is 20.2.